The van der Waals surface area contributed by atoms with E-state index < -0.39 is 9.84 Å². The molecule has 218 valence electrons. The molecule has 41 heavy (non-hydrogen) atoms. The Kier molecular flexibility index (Phi) is 9.52. The minimum Gasteiger partial charge on any atom is -0.456 e. The van der Waals surface area contributed by atoms with Crippen LogP contribution in [0.15, 0.2) is 54.4 Å². The number of nitrogens with zero attached hydrogens (tertiary/aromatic N) is 2. The highest BCUT2D eigenvalue weighted by Crippen LogP contribution is 2.34. The molecule has 1 aliphatic heterocycles. The zero-order valence-corrected chi connectivity index (χ0v) is 25.1. The molecule has 2 aromatic carbocycles. The highest BCUT2D eigenvalue weighted by atomic mass is 35.5. The molecule has 0 saturated carbocycles. The lowest BCUT2D eigenvalue weighted by Crippen LogP contribution is -2.40. The Bertz CT molecular complexity index is 1550. The van der Waals surface area contributed by atoms with E-state index in [1.54, 1.807) is 36.4 Å². The Morgan fingerprint density at radius 3 is 2.68 bits per heavy atom. The Labute approximate surface area is 245 Å². The molecule has 12 heteroatoms. The van der Waals surface area contributed by atoms with Crippen LogP contribution in [0.2, 0.25) is 5.02 Å². The Morgan fingerprint density at radius 2 is 1.95 bits per heavy atom. The van der Waals surface area contributed by atoms with Crippen LogP contribution in [0.3, 0.4) is 0 Å². The van der Waals surface area contributed by atoms with Crippen molar-refractivity contribution in [1.29, 1.82) is 0 Å². The first-order valence-corrected chi connectivity index (χ1v) is 15.6. The third-order valence-electron chi connectivity index (χ3n) is 5.98. The van der Waals surface area contributed by atoms with Crippen LogP contribution in [0, 0.1) is 0 Å². The number of amides is 1. The van der Waals surface area contributed by atoms with Gasteiger partial charge in [0.2, 0.25) is 0 Å². The van der Waals surface area contributed by atoms with Crippen molar-refractivity contribution >= 4 is 50.7 Å². The second-order valence-corrected chi connectivity index (χ2v) is 13.5. The highest BCUT2D eigenvalue weighted by molar-refractivity contribution is 7.90. The summed E-state index contributed by atoms with van der Waals surface area (Å²) in [4.78, 5) is 21.4. The van der Waals surface area contributed by atoms with E-state index >= 15 is 0 Å². The number of carbonyl (C=O) groups excluding carboxylic acids is 1. The quantitative estimate of drug-likeness (QED) is 0.237. The molecule has 0 saturated heterocycles. The number of halogens is 1. The molecular weight excluding hydrogens is 564 g/mol. The van der Waals surface area contributed by atoms with Gasteiger partial charge in [-0.2, -0.15) is 0 Å². The maximum absolute atomic E-state index is 12.6. The fourth-order valence-corrected chi connectivity index (χ4v) is 4.81. The normalized spacial score (nSPS) is 13.3. The van der Waals surface area contributed by atoms with Gasteiger partial charge in [0.25, 0.3) is 5.91 Å². The van der Waals surface area contributed by atoms with Gasteiger partial charge in [-0.05, 0) is 69.7 Å². The number of aromatic nitrogens is 2. The van der Waals surface area contributed by atoms with E-state index in [9.17, 15) is 13.2 Å². The largest absolute Gasteiger partial charge is 0.456 e. The first-order chi connectivity index (χ1) is 19.4. The molecule has 0 fully saturated rings. The summed E-state index contributed by atoms with van der Waals surface area (Å²) in [6, 6.07) is 12.2. The molecule has 0 radical (unpaired) electrons. The average Bonchev–Trinajstić information content (AvgIpc) is 3.10. The molecule has 1 aromatic heterocycles. The molecule has 3 aromatic rings. The molecule has 4 N–H and O–H groups in total. The number of anilines is 3. The van der Waals surface area contributed by atoms with Gasteiger partial charge >= 0.3 is 0 Å². The summed E-state index contributed by atoms with van der Waals surface area (Å²) < 4.78 is 28.8. The van der Waals surface area contributed by atoms with Crippen LogP contribution in [0.1, 0.15) is 43.1 Å². The highest BCUT2D eigenvalue weighted by Gasteiger charge is 2.17. The summed E-state index contributed by atoms with van der Waals surface area (Å²) in [5.74, 6) is 2.13. The number of sulfone groups is 1. The molecule has 0 spiro atoms. The van der Waals surface area contributed by atoms with Crippen molar-refractivity contribution in [3.8, 4) is 11.5 Å². The SMILES string of the molecule is CC(C)(C)NC(=O)c1cccc(Oc2ccc(Nc3ncnc4c3C=C(CNCCS(C)(=O)=O)CCN4)cc2Cl)c1. The maximum Gasteiger partial charge on any atom is 0.251 e. The average molecular weight is 599 g/mol. The third-order valence-corrected chi connectivity index (χ3v) is 7.22. The van der Waals surface area contributed by atoms with Crippen LogP contribution < -0.4 is 26.0 Å². The van der Waals surface area contributed by atoms with Gasteiger partial charge in [-0.3, -0.25) is 4.79 Å². The van der Waals surface area contributed by atoms with E-state index in [-0.39, 0.29) is 17.2 Å². The van der Waals surface area contributed by atoms with Crippen molar-refractivity contribution in [2.75, 3.05) is 42.3 Å². The van der Waals surface area contributed by atoms with Gasteiger partial charge in [0, 0.05) is 42.7 Å². The van der Waals surface area contributed by atoms with Gasteiger partial charge < -0.3 is 26.0 Å². The van der Waals surface area contributed by atoms with Crippen molar-refractivity contribution < 1.29 is 17.9 Å². The Hall–Kier alpha value is -3.67. The van der Waals surface area contributed by atoms with E-state index in [1.165, 1.54) is 12.6 Å². The molecule has 2 heterocycles. The van der Waals surface area contributed by atoms with E-state index in [2.05, 4.69) is 31.2 Å². The second-order valence-electron chi connectivity index (χ2n) is 10.9. The Morgan fingerprint density at radius 1 is 1.15 bits per heavy atom. The van der Waals surface area contributed by atoms with Crippen LogP contribution in [0.4, 0.5) is 17.3 Å². The van der Waals surface area contributed by atoms with Gasteiger partial charge in [0.15, 0.2) is 0 Å². The van der Waals surface area contributed by atoms with Crippen molar-refractivity contribution in [2.24, 2.45) is 0 Å². The predicted molar refractivity (Wildman–Crippen MR) is 164 cm³/mol. The number of ether oxygens (including phenoxy) is 1. The van der Waals surface area contributed by atoms with Crippen LogP contribution in [0.5, 0.6) is 11.5 Å². The number of rotatable bonds is 10. The fraction of sp³-hybridized carbons (Fsp3) is 0.345. The lowest BCUT2D eigenvalue weighted by molar-refractivity contribution is 0.0919. The van der Waals surface area contributed by atoms with E-state index in [0.717, 1.165) is 17.6 Å². The van der Waals surface area contributed by atoms with Gasteiger partial charge in [-0.25, -0.2) is 18.4 Å². The van der Waals surface area contributed by atoms with Crippen molar-refractivity contribution in [1.82, 2.24) is 20.6 Å². The smallest absolute Gasteiger partial charge is 0.251 e. The number of fused-ring (bicyclic) bond motifs is 1. The lowest BCUT2D eigenvalue weighted by Gasteiger charge is -2.20. The van der Waals surface area contributed by atoms with Gasteiger partial charge in [0.1, 0.15) is 39.3 Å². The van der Waals surface area contributed by atoms with Crippen LogP contribution in [0.25, 0.3) is 6.08 Å². The van der Waals surface area contributed by atoms with Crippen LogP contribution in [-0.4, -0.2) is 61.5 Å². The predicted octanol–water partition coefficient (Wildman–Crippen LogP) is 5.03. The molecule has 1 aliphatic rings. The maximum atomic E-state index is 12.6. The van der Waals surface area contributed by atoms with Gasteiger partial charge in [-0.1, -0.05) is 23.2 Å². The summed E-state index contributed by atoms with van der Waals surface area (Å²) in [7, 11) is -3.02. The third kappa shape index (κ3) is 9.17. The summed E-state index contributed by atoms with van der Waals surface area (Å²) in [6.45, 7) is 7.41. The van der Waals surface area contributed by atoms with Gasteiger partial charge in [-0.15, -0.1) is 0 Å². The van der Waals surface area contributed by atoms with E-state index in [1.807, 2.05) is 32.9 Å². The molecule has 1 amide bonds. The molecule has 0 bridgehead atoms. The monoisotopic (exact) mass is 598 g/mol. The summed E-state index contributed by atoms with van der Waals surface area (Å²) in [5.41, 5.74) is 2.73. The Balaban J connectivity index is 1.47. The first kappa shape index (κ1) is 30.3. The fourth-order valence-electron chi connectivity index (χ4n) is 4.08. The standard InChI is InChI=1S/C29H35ClN6O4S/c1-29(2,3)36-28(37)20-6-5-7-22(15-20)40-25-9-8-21(16-24(25)30)35-27-23-14-19(17-31-12-13-41(4,38)39)10-11-32-26(23)33-18-34-27/h5-9,14-16,18,31H,10-13,17H2,1-4H3,(H,36,37)(H2,32,33,34,35). The number of hydrogen-bond acceptors (Lipinski definition) is 9. The molecule has 0 unspecified atom stereocenters. The van der Waals surface area contributed by atoms with E-state index in [0.29, 0.717) is 59.0 Å². The first-order valence-electron chi connectivity index (χ1n) is 13.2. The second kappa shape index (κ2) is 12.9. The zero-order valence-electron chi connectivity index (χ0n) is 23.5. The van der Waals surface area contributed by atoms with Crippen molar-refractivity contribution in [2.45, 2.75) is 32.7 Å². The number of carbonyl (C=O) groups is 1. The number of nitrogens with one attached hydrogen (secondary N) is 4. The zero-order chi connectivity index (χ0) is 29.6. The summed E-state index contributed by atoms with van der Waals surface area (Å²) >= 11 is 6.58. The van der Waals surface area contributed by atoms with E-state index in [4.69, 9.17) is 16.3 Å². The molecule has 10 nitrogen and oxygen atoms in total. The van der Waals surface area contributed by atoms with Crippen LogP contribution >= 0.6 is 11.6 Å². The van der Waals surface area contributed by atoms with Crippen LogP contribution in [-0.2, 0) is 9.84 Å². The lowest BCUT2D eigenvalue weighted by atomic mass is 10.1. The molecule has 0 atom stereocenters. The molecule has 0 aliphatic carbocycles. The number of hydrogen-bond donors (Lipinski definition) is 4. The molecule has 4 rings (SSSR count). The topological polar surface area (TPSA) is 134 Å². The summed E-state index contributed by atoms with van der Waals surface area (Å²) in [6.07, 6.45) is 5.51. The van der Waals surface area contributed by atoms with Crippen molar-refractivity contribution in [3.05, 3.63) is 70.5 Å². The summed E-state index contributed by atoms with van der Waals surface area (Å²) in [5, 5.41) is 13.2. The molecular formula is C29H35ClN6O4S. The van der Waals surface area contributed by atoms with Crippen molar-refractivity contribution in [3.63, 3.8) is 0 Å². The van der Waals surface area contributed by atoms with Gasteiger partial charge in [0.05, 0.1) is 16.3 Å². The minimum atomic E-state index is -3.02. The number of benzene rings is 2. The minimum absolute atomic E-state index is 0.0868.